The predicted molar refractivity (Wildman–Crippen MR) is 86.6 cm³/mol. The van der Waals surface area contributed by atoms with Gasteiger partial charge in [-0.05, 0) is 50.3 Å². The minimum absolute atomic E-state index is 0.223. The summed E-state index contributed by atoms with van der Waals surface area (Å²) in [7, 11) is 0. The smallest absolute Gasteiger partial charge is 0.234 e. The second-order valence-electron chi connectivity index (χ2n) is 6.93. The van der Waals surface area contributed by atoms with Crippen LogP contribution in [0.15, 0.2) is 18.2 Å². The number of rotatable bonds is 2. The van der Waals surface area contributed by atoms with Gasteiger partial charge in [0.2, 0.25) is 5.91 Å². The highest BCUT2D eigenvalue weighted by Crippen LogP contribution is 2.39. The van der Waals surface area contributed by atoms with Crippen LogP contribution in [-0.2, 0) is 11.2 Å². The number of benzene rings is 1. The molecule has 1 aromatic rings. The molecular weight excluding hydrogens is 260 g/mol. The Labute approximate surface area is 127 Å². The molecular formula is C18H26N2O. The van der Waals surface area contributed by atoms with E-state index in [4.69, 9.17) is 0 Å². The number of carbonyl (C=O) groups excluding carboxylic acids is 1. The number of aryl methyl sites for hydroxylation is 2. The number of nitrogens with one attached hydrogen (secondary N) is 1. The molecule has 1 fully saturated rings. The first kappa shape index (κ1) is 14.6. The Morgan fingerprint density at radius 3 is 2.86 bits per heavy atom. The molecule has 1 aromatic carbocycles. The first-order chi connectivity index (χ1) is 10.0. The third-order valence-corrected chi connectivity index (χ3v) is 5.32. The van der Waals surface area contributed by atoms with Crippen LogP contribution in [0.5, 0.6) is 0 Å². The topological polar surface area (TPSA) is 32.3 Å². The molecule has 0 aliphatic carbocycles. The van der Waals surface area contributed by atoms with Crippen LogP contribution in [0.2, 0.25) is 0 Å². The Hall–Kier alpha value is -1.35. The Balaban J connectivity index is 1.96. The van der Waals surface area contributed by atoms with Gasteiger partial charge < -0.3 is 10.2 Å². The molecule has 3 rings (SSSR count). The SMILES string of the molecule is Cc1ccc2c(c1)CCCN2C(=O)C1(C(C)C)CCNC1. The summed E-state index contributed by atoms with van der Waals surface area (Å²) in [4.78, 5) is 15.4. The summed E-state index contributed by atoms with van der Waals surface area (Å²) in [5.74, 6) is 0.697. The number of carbonyl (C=O) groups is 1. The number of hydrogen-bond acceptors (Lipinski definition) is 2. The van der Waals surface area contributed by atoms with E-state index >= 15 is 0 Å². The van der Waals surface area contributed by atoms with Crippen molar-refractivity contribution in [1.82, 2.24) is 5.32 Å². The molecule has 0 radical (unpaired) electrons. The van der Waals surface area contributed by atoms with E-state index in [2.05, 4.69) is 49.2 Å². The molecule has 3 heteroatoms. The molecule has 1 atom stereocenters. The van der Waals surface area contributed by atoms with E-state index in [0.717, 1.165) is 44.6 Å². The fourth-order valence-corrected chi connectivity index (χ4v) is 3.84. The second-order valence-corrected chi connectivity index (χ2v) is 6.93. The van der Waals surface area contributed by atoms with Crippen LogP contribution < -0.4 is 10.2 Å². The molecule has 1 amide bonds. The van der Waals surface area contributed by atoms with Crippen molar-refractivity contribution in [1.29, 1.82) is 0 Å². The van der Waals surface area contributed by atoms with Gasteiger partial charge in [-0.1, -0.05) is 31.5 Å². The van der Waals surface area contributed by atoms with Crippen LogP contribution in [0.3, 0.4) is 0 Å². The Kier molecular flexibility index (Phi) is 3.78. The Bertz CT molecular complexity index is 544. The summed E-state index contributed by atoms with van der Waals surface area (Å²) in [5.41, 5.74) is 3.53. The summed E-state index contributed by atoms with van der Waals surface area (Å²) in [6, 6.07) is 6.50. The number of nitrogens with zero attached hydrogens (tertiary/aromatic N) is 1. The normalized spacial score (nSPS) is 25.2. The average molecular weight is 286 g/mol. The van der Waals surface area contributed by atoms with E-state index < -0.39 is 0 Å². The van der Waals surface area contributed by atoms with Crippen LogP contribution in [0.4, 0.5) is 5.69 Å². The third-order valence-electron chi connectivity index (χ3n) is 5.32. The van der Waals surface area contributed by atoms with Crippen molar-refractivity contribution >= 4 is 11.6 Å². The fraction of sp³-hybridized carbons (Fsp3) is 0.611. The number of amides is 1. The van der Waals surface area contributed by atoms with Gasteiger partial charge in [0.05, 0.1) is 5.41 Å². The highest BCUT2D eigenvalue weighted by molar-refractivity contribution is 5.99. The molecule has 0 saturated carbocycles. The van der Waals surface area contributed by atoms with Crippen LogP contribution in [-0.4, -0.2) is 25.5 Å². The van der Waals surface area contributed by atoms with Gasteiger partial charge in [0.25, 0.3) is 0 Å². The van der Waals surface area contributed by atoms with Crippen molar-refractivity contribution in [2.45, 2.75) is 40.0 Å². The van der Waals surface area contributed by atoms with Crippen LogP contribution in [0.25, 0.3) is 0 Å². The van der Waals surface area contributed by atoms with Crippen LogP contribution >= 0.6 is 0 Å². The number of hydrogen-bond donors (Lipinski definition) is 1. The molecule has 1 saturated heterocycles. The number of anilines is 1. The minimum Gasteiger partial charge on any atom is -0.316 e. The largest absolute Gasteiger partial charge is 0.316 e. The van der Waals surface area contributed by atoms with Crippen LogP contribution in [0, 0.1) is 18.3 Å². The molecule has 2 aliphatic heterocycles. The highest BCUT2D eigenvalue weighted by atomic mass is 16.2. The maximum Gasteiger partial charge on any atom is 0.234 e. The van der Waals surface area contributed by atoms with Gasteiger partial charge in [-0.2, -0.15) is 0 Å². The summed E-state index contributed by atoms with van der Waals surface area (Å²) in [6.45, 7) is 9.14. The molecule has 0 spiro atoms. The van der Waals surface area contributed by atoms with Gasteiger partial charge in [0.1, 0.15) is 0 Å². The maximum atomic E-state index is 13.3. The second kappa shape index (κ2) is 5.45. The van der Waals surface area contributed by atoms with Crippen LogP contribution in [0.1, 0.15) is 37.8 Å². The zero-order valence-electron chi connectivity index (χ0n) is 13.4. The summed E-state index contributed by atoms with van der Waals surface area (Å²) < 4.78 is 0. The van der Waals surface area contributed by atoms with Gasteiger partial charge >= 0.3 is 0 Å². The van der Waals surface area contributed by atoms with E-state index in [1.807, 2.05) is 0 Å². The quantitative estimate of drug-likeness (QED) is 0.906. The van der Waals surface area contributed by atoms with E-state index in [1.165, 1.54) is 11.1 Å². The van der Waals surface area contributed by atoms with Crippen molar-refractivity contribution in [3.05, 3.63) is 29.3 Å². The van der Waals surface area contributed by atoms with E-state index in [9.17, 15) is 4.79 Å². The molecule has 0 aromatic heterocycles. The molecule has 21 heavy (non-hydrogen) atoms. The molecule has 2 aliphatic rings. The molecule has 0 bridgehead atoms. The lowest BCUT2D eigenvalue weighted by Crippen LogP contribution is -2.50. The lowest BCUT2D eigenvalue weighted by molar-refractivity contribution is -0.129. The fourth-order valence-electron chi connectivity index (χ4n) is 3.84. The molecule has 2 heterocycles. The van der Waals surface area contributed by atoms with Crippen molar-refractivity contribution in [2.75, 3.05) is 24.5 Å². The van der Waals surface area contributed by atoms with Gasteiger partial charge in [0, 0.05) is 18.8 Å². The van der Waals surface area contributed by atoms with Gasteiger partial charge in [-0.25, -0.2) is 0 Å². The van der Waals surface area contributed by atoms with Crippen molar-refractivity contribution < 1.29 is 4.79 Å². The third kappa shape index (κ3) is 2.38. The molecule has 114 valence electrons. The van der Waals surface area contributed by atoms with Crippen molar-refractivity contribution in [2.24, 2.45) is 11.3 Å². The summed E-state index contributed by atoms with van der Waals surface area (Å²) in [5, 5.41) is 3.40. The summed E-state index contributed by atoms with van der Waals surface area (Å²) >= 11 is 0. The first-order valence-corrected chi connectivity index (χ1v) is 8.17. The molecule has 1 unspecified atom stereocenters. The zero-order valence-corrected chi connectivity index (χ0v) is 13.4. The first-order valence-electron chi connectivity index (χ1n) is 8.17. The maximum absolute atomic E-state index is 13.3. The zero-order chi connectivity index (χ0) is 15.0. The summed E-state index contributed by atoms with van der Waals surface area (Å²) in [6.07, 6.45) is 3.12. The highest BCUT2D eigenvalue weighted by Gasteiger charge is 2.46. The van der Waals surface area contributed by atoms with Crippen molar-refractivity contribution in [3.8, 4) is 0 Å². The number of fused-ring (bicyclic) bond motifs is 1. The monoisotopic (exact) mass is 286 g/mol. The minimum atomic E-state index is -0.223. The van der Waals surface area contributed by atoms with Gasteiger partial charge in [-0.15, -0.1) is 0 Å². The van der Waals surface area contributed by atoms with Gasteiger partial charge in [-0.3, -0.25) is 4.79 Å². The van der Waals surface area contributed by atoms with E-state index in [1.54, 1.807) is 0 Å². The molecule has 1 N–H and O–H groups in total. The lowest BCUT2D eigenvalue weighted by atomic mass is 9.74. The Morgan fingerprint density at radius 1 is 1.38 bits per heavy atom. The lowest BCUT2D eigenvalue weighted by Gasteiger charge is -2.39. The van der Waals surface area contributed by atoms with Crippen molar-refractivity contribution in [3.63, 3.8) is 0 Å². The Morgan fingerprint density at radius 2 is 2.19 bits per heavy atom. The predicted octanol–water partition coefficient (Wildman–Crippen LogP) is 2.91. The average Bonchev–Trinajstić information content (AvgIpc) is 2.96. The van der Waals surface area contributed by atoms with E-state index in [0.29, 0.717) is 11.8 Å². The van der Waals surface area contributed by atoms with E-state index in [-0.39, 0.29) is 5.41 Å². The standard InChI is InChI=1S/C18H26N2O/c1-13(2)18(8-9-19-12-18)17(21)20-10-4-5-15-11-14(3)6-7-16(15)20/h6-7,11,13,19H,4-5,8-10,12H2,1-3H3. The molecule has 3 nitrogen and oxygen atoms in total. The van der Waals surface area contributed by atoms with Gasteiger partial charge in [0.15, 0.2) is 0 Å².